The second-order valence-electron chi connectivity index (χ2n) is 5.28. The summed E-state index contributed by atoms with van der Waals surface area (Å²) in [5.41, 5.74) is 3.90. The van der Waals surface area contributed by atoms with Crippen LogP contribution in [0.4, 0.5) is 0 Å². The molecule has 0 saturated heterocycles. The van der Waals surface area contributed by atoms with E-state index in [1.165, 1.54) is 0 Å². The quantitative estimate of drug-likeness (QED) is 0.618. The molecule has 0 radical (unpaired) electrons. The predicted molar refractivity (Wildman–Crippen MR) is 88.0 cm³/mol. The highest BCUT2D eigenvalue weighted by Crippen LogP contribution is 2.14. The molecule has 3 nitrogen and oxygen atoms in total. The minimum absolute atomic E-state index is 0.209. The number of hydrogen-bond acceptors (Lipinski definition) is 3. The number of hydrogen-bond donors (Lipinski definition) is 1. The molecule has 3 heteroatoms. The fourth-order valence-corrected chi connectivity index (χ4v) is 2.17. The number of aliphatic hydroxyl groups excluding tert-OH is 1. The smallest absolute Gasteiger partial charge is 0.0892 e. The molecule has 1 heterocycles. The summed E-state index contributed by atoms with van der Waals surface area (Å²) in [4.78, 5) is 9.00. The van der Waals surface area contributed by atoms with E-state index >= 15 is 0 Å². The first-order valence-electron chi connectivity index (χ1n) is 7.40. The van der Waals surface area contributed by atoms with Crippen molar-refractivity contribution in [3.8, 4) is 0 Å². The van der Waals surface area contributed by atoms with Gasteiger partial charge in [0.15, 0.2) is 0 Å². The molecule has 1 aromatic heterocycles. The highest BCUT2D eigenvalue weighted by atomic mass is 16.3. The third-order valence-corrected chi connectivity index (χ3v) is 3.27. The molecule has 0 spiro atoms. The van der Waals surface area contributed by atoms with E-state index in [1.807, 2.05) is 25.1 Å². The number of benzene rings is 1. The Kier molecular flexibility index (Phi) is 5.64. The van der Waals surface area contributed by atoms with Crippen LogP contribution in [0.3, 0.4) is 0 Å². The molecule has 21 heavy (non-hydrogen) atoms. The van der Waals surface area contributed by atoms with Gasteiger partial charge in [0.2, 0.25) is 0 Å². The van der Waals surface area contributed by atoms with E-state index in [1.54, 1.807) is 6.20 Å². The van der Waals surface area contributed by atoms with E-state index in [0.29, 0.717) is 0 Å². The Labute approximate surface area is 126 Å². The van der Waals surface area contributed by atoms with Gasteiger partial charge in [-0.1, -0.05) is 24.3 Å². The first-order chi connectivity index (χ1) is 10.2. The standard InChI is InChI=1S/C18H22N2O/c1-3-7-16-13-19-18-12-15(10-11-17(18)20-16)9-6-4-5-8-14(2)21/h3,6,9-14,21H,1,4-5,7-8H2,2H3. The molecule has 0 aliphatic rings. The van der Waals surface area contributed by atoms with Crippen LogP contribution >= 0.6 is 0 Å². The number of nitrogens with zero attached hydrogens (tertiary/aromatic N) is 2. The van der Waals surface area contributed by atoms with E-state index in [2.05, 4.69) is 34.8 Å². The molecular weight excluding hydrogens is 260 g/mol. The van der Waals surface area contributed by atoms with Crippen molar-refractivity contribution in [1.29, 1.82) is 0 Å². The Morgan fingerprint density at radius 2 is 2.19 bits per heavy atom. The largest absolute Gasteiger partial charge is 0.393 e. The first-order valence-corrected chi connectivity index (χ1v) is 7.40. The van der Waals surface area contributed by atoms with Gasteiger partial charge in [0.1, 0.15) is 0 Å². The van der Waals surface area contributed by atoms with Gasteiger partial charge >= 0.3 is 0 Å². The molecule has 0 aliphatic carbocycles. The van der Waals surface area contributed by atoms with Gasteiger partial charge in [-0.05, 0) is 43.9 Å². The zero-order chi connectivity index (χ0) is 15.1. The van der Waals surface area contributed by atoms with Crippen molar-refractivity contribution >= 4 is 17.1 Å². The summed E-state index contributed by atoms with van der Waals surface area (Å²) in [7, 11) is 0. The number of aromatic nitrogens is 2. The second-order valence-corrected chi connectivity index (χ2v) is 5.28. The predicted octanol–water partition coefficient (Wildman–Crippen LogP) is 3.92. The zero-order valence-corrected chi connectivity index (χ0v) is 12.5. The summed E-state index contributed by atoms with van der Waals surface area (Å²) in [6.07, 6.45) is 11.2. The summed E-state index contributed by atoms with van der Waals surface area (Å²) in [5, 5.41) is 9.20. The van der Waals surface area contributed by atoms with Crippen molar-refractivity contribution in [2.45, 2.75) is 38.7 Å². The number of fused-ring (bicyclic) bond motifs is 1. The van der Waals surface area contributed by atoms with E-state index in [4.69, 9.17) is 0 Å². The van der Waals surface area contributed by atoms with Gasteiger partial charge in [-0.2, -0.15) is 0 Å². The van der Waals surface area contributed by atoms with Crippen LogP contribution in [-0.2, 0) is 6.42 Å². The molecule has 1 N–H and O–H groups in total. The topological polar surface area (TPSA) is 46.0 Å². The summed E-state index contributed by atoms with van der Waals surface area (Å²) in [6, 6.07) is 6.11. The maximum absolute atomic E-state index is 9.20. The van der Waals surface area contributed by atoms with Crippen LogP contribution in [0.5, 0.6) is 0 Å². The Morgan fingerprint density at radius 3 is 2.95 bits per heavy atom. The molecule has 0 saturated carbocycles. The van der Waals surface area contributed by atoms with Gasteiger partial charge in [-0.15, -0.1) is 6.58 Å². The number of rotatable bonds is 7. The third kappa shape index (κ3) is 4.80. The zero-order valence-electron chi connectivity index (χ0n) is 12.5. The normalized spacial score (nSPS) is 12.9. The van der Waals surface area contributed by atoms with Gasteiger partial charge in [-0.25, -0.2) is 4.98 Å². The number of unbranched alkanes of at least 4 members (excludes halogenated alkanes) is 1. The Morgan fingerprint density at radius 1 is 1.33 bits per heavy atom. The van der Waals surface area contributed by atoms with Crippen LogP contribution in [0.15, 0.2) is 43.1 Å². The number of allylic oxidation sites excluding steroid dienone is 2. The molecule has 0 aliphatic heterocycles. The van der Waals surface area contributed by atoms with Crippen LogP contribution in [0, 0.1) is 0 Å². The maximum Gasteiger partial charge on any atom is 0.0892 e. The van der Waals surface area contributed by atoms with Gasteiger partial charge in [0.25, 0.3) is 0 Å². The van der Waals surface area contributed by atoms with Crippen molar-refractivity contribution in [1.82, 2.24) is 9.97 Å². The van der Waals surface area contributed by atoms with E-state index in [0.717, 1.165) is 48.0 Å². The van der Waals surface area contributed by atoms with Crippen molar-refractivity contribution in [3.63, 3.8) is 0 Å². The molecule has 1 aromatic carbocycles. The van der Waals surface area contributed by atoms with Crippen LogP contribution < -0.4 is 0 Å². The van der Waals surface area contributed by atoms with Crippen molar-refractivity contribution in [3.05, 3.63) is 54.4 Å². The highest BCUT2D eigenvalue weighted by molar-refractivity contribution is 5.77. The second kappa shape index (κ2) is 7.70. The van der Waals surface area contributed by atoms with Gasteiger partial charge in [0.05, 0.1) is 22.8 Å². The maximum atomic E-state index is 9.20. The monoisotopic (exact) mass is 282 g/mol. The van der Waals surface area contributed by atoms with Crippen LogP contribution in [-0.4, -0.2) is 21.2 Å². The lowest BCUT2D eigenvalue weighted by Crippen LogP contribution is -1.97. The summed E-state index contributed by atoms with van der Waals surface area (Å²) in [6.45, 7) is 5.54. The molecule has 1 atom stereocenters. The van der Waals surface area contributed by atoms with Crippen molar-refractivity contribution in [2.75, 3.05) is 0 Å². The minimum atomic E-state index is -0.209. The van der Waals surface area contributed by atoms with Crippen LogP contribution in [0.2, 0.25) is 0 Å². The summed E-state index contributed by atoms with van der Waals surface area (Å²) < 4.78 is 0. The fourth-order valence-electron chi connectivity index (χ4n) is 2.17. The first kappa shape index (κ1) is 15.4. The SMILES string of the molecule is C=CCc1cnc2cc(C=CCCCC(C)O)ccc2n1. The molecule has 1 unspecified atom stereocenters. The molecule has 0 bridgehead atoms. The Balaban J connectivity index is 2.03. The molecule has 2 aromatic rings. The summed E-state index contributed by atoms with van der Waals surface area (Å²) >= 11 is 0. The van der Waals surface area contributed by atoms with E-state index < -0.39 is 0 Å². The molecule has 110 valence electrons. The molecule has 0 amide bonds. The summed E-state index contributed by atoms with van der Waals surface area (Å²) in [5.74, 6) is 0. The molecule has 0 fully saturated rings. The van der Waals surface area contributed by atoms with E-state index in [-0.39, 0.29) is 6.10 Å². The lowest BCUT2D eigenvalue weighted by atomic mass is 10.1. The lowest BCUT2D eigenvalue weighted by Gasteiger charge is -2.02. The van der Waals surface area contributed by atoms with Crippen LogP contribution in [0.25, 0.3) is 17.1 Å². The van der Waals surface area contributed by atoms with E-state index in [9.17, 15) is 5.11 Å². The van der Waals surface area contributed by atoms with Crippen molar-refractivity contribution < 1.29 is 5.11 Å². The van der Waals surface area contributed by atoms with Crippen LogP contribution in [0.1, 0.15) is 37.4 Å². The van der Waals surface area contributed by atoms with Gasteiger partial charge in [0, 0.05) is 12.6 Å². The van der Waals surface area contributed by atoms with Gasteiger partial charge in [-0.3, -0.25) is 4.98 Å². The Bertz CT molecular complexity index is 632. The third-order valence-electron chi connectivity index (χ3n) is 3.27. The van der Waals surface area contributed by atoms with Gasteiger partial charge < -0.3 is 5.11 Å². The lowest BCUT2D eigenvalue weighted by molar-refractivity contribution is 0.182. The average Bonchev–Trinajstić information content (AvgIpc) is 2.47. The minimum Gasteiger partial charge on any atom is -0.393 e. The highest BCUT2D eigenvalue weighted by Gasteiger charge is 1.99. The average molecular weight is 282 g/mol. The Hall–Kier alpha value is -2.00. The van der Waals surface area contributed by atoms with Crippen molar-refractivity contribution in [2.24, 2.45) is 0 Å². The fraction of sp³-hybridized carbons (Fsp3) is 0.333. The molecule has 2 rings (SSSR count). The molecular formula is C18H22N2O. The number of aliphatic hydroxyl groups is 1.